The number of carboxylic acid groups (broad SMARTS) is 1. The number of nitrogens with zero attached hydrogens (tertiary/aromatic N) is 2. The SMILES string of the molecule is COc1ccc(CN2CCC(CC(=O)O)CC2)cn1. The van der Waals surface area contributed by atoms with Gasteiger partial charge in [0.1, 0.15) is 0 Å². The Morgan fingerprint density at radius 3 is 2.74 bits per heavy atom. The number of ether oxygens (including phenoxy) is 1. The number of rotatable bonds is 5. The average molecular weight is 264 g/mol. The summed E-state index contributed by atoms with van der Waals surface area (Å²) < 4.78 is 5.03. The van der Waals surface area contributed by atoms with E-state index in [0.29, 0.717) is 18.2 Å². The number of piperidine rings is 1. The Morgan fingerprint density at radius 1 is 1.47 bits per heavy atom. The van der Waals surface area contributed by atoms with Crippen LogP contribution in [0.1, 0.15) is 24.8 Å². The van der Waals surface area contributed by atoms with Gasteiger partial charge in [0.15, 0.2) is 0 Å². The fourth-order valence-electron chi connectivity index (χ4n) is 2.48. The molecule has 0 saturated carbocycles. The Bertz CT molecular complexity index is 411. The lowest BCUT2D eigenvalue weighted by atomic mass is 9.93. The van der Waals surface area contributed by atoms with Crippen LogP contribution in [-0.4, -0.2) is 41.2 Å². The van der Waals surface area contributed by atoms with E-state index in [4.69, 9.17) is 9.84 Å². The number of methoxy groups -OCH3 is 1. The van der Waals surface area contributed by atoms with Crippen LogP contribution in [0.3, 0.4) is 0 Å². The Hall–Kier alpha value is -1.62. The molecule has 0 atom stereocenters. The number of hydrogen-bond donors (Lipinski definition) is 1. The van der Waals surface area contributed by atoms with Gasteiger partial charge < -0.3 is 9.84 Å². The molecule has 0 bridgehead atoms. The summed E-state index contributed by atoms with van der Waals surface area (Å²) in [5.41, 5.74) is 1.16. The van der Waals surface area contributed by atoms with Gasteiger partial charge in [-0.15, -0.1) is 0 Å². The predicted molar refractivity (Wildman–Crippen MR) is 71.0 cm³/mol. The van der Waals surface area contributed by atoms with E-state index in [1.807, 2.05) is 18.3 Å². The van der Waals surface area contributed by atoms with E-state index in [9.17, 15) is 4.79 Å². The molecule has 1 fully saturated rings. The van der Waals surface area contributed by atoms with Crippen LogP contribution in [0.2, 0.25) is 0 Å². The minimum absolute atomic E-state index is 0.304. The molecule has 0 unspecified atom stereocenters. The number of carboxylic acids is 1. The van der Waals surface area contributed by atoms with Gasteiger partial charge in [0.25, 0.3) is 0 Å². The van der Waals surface area contributed by atoms with E-state index in [1.54, 1.807) is 7.11 Å². The number of likely N-dealkylation sites (tertiary alicyclic amines) is 1. The molecule has 0 aliphatic carbocycles. The summed E-state index contributed by atoms with van der Waals surface area (Å²) >= 11 is 0. The van der Waals surface area contributed by atoms with Gasteiger partial charge in [-0.25, -0.2) is 4.98 Å². The standard InChI is InChI=1S/C14H20N2O3/c1-19-13-3-2-12(9-15-13)10-16-6-4-11(5-7-16)8-14(17)18/h2-3,9,11H,4-8,10H2,1H3,(H,17,18). The Labute approximate surface area is 113 Å². The van der Waals surface area contributed by atoms with Crippen LogP contribution in [-0.2, 0) is 11.3 Å². The molecule has 1 N–H and O–H groups in total. The first-order chi connectivity index (χ1) is 9.17. The Kier molecular flexibility index (Phi) is 4.74. The number of hydrogen-bond acceptors (Lipinski definition) is 4. The lowest BCUT2D eigenvalue weighted by Gasteiger charge is -2.31. The van der Waals surface area contributed by atoms with E-state index >= 15 is 0 Å². The molecule has 0 amide bonds. The summed E-state index contributed by atoms with van der Waals surface area (Å²) in [5, 5.41) is 8.78. The van der Waals surface area contributed by atoms with Crippen molar-refractivity contribution >= 4 is 5.97 Å². The zero-order valence-corrected chi connectivity index (χ0v) is 11.2. The lowest BCUT2D eigenvalue weighted by Crippen LogP contribution is -2.33. The highest BCUT2D eigenvalue weighted by Gasteiger charge is 2.21. The lowest BCUT2D eigenvalue weighted by molar-refractivity contribution is -0.138. The van der Waals surface area contributed by atoms with Gasteiger partial charge >= 0.3 is 5.97 Å². The fraction of sp³-hybridized carbons (Fsp3) is 0.571. The summed E-state index contributed by atoms with van der Waals surface area (Å²) in [6.07, 6.45) is 4.08. The van der Waals surface area contributed by atoms with Gasteiger partial charge in [0.05, 0.1) is 7.11 Å². The minimum atomic E-state index is -0.683. The first-order valence-corrected chi connectivity index (χ1v) is 6.60. The molecule has 5 nitrogen and oxygen atoms in total. The second-order valence-corrected chi connectivity index (χ2v) is 5.03. The maximum atomic E-state index is 10.7. The summed E-state index contributed by atoms with van der Waals surface area (Å²) in [5.74, 6) is 0.282. The third-order valence-corrected chi connectivity index (χ3v) is 3.58. The summed E-state index contributed by atoms with van der Waals surface area (Å²) in [4.78, 5) is 17.2. The highest BCUT2D eigenvalue weighted by molar-refractivity contribution is 5.67. The first kappa shape index (κ1) is 13.8. The van der Waals surface area contributed by atoms with Crippen LogP contribution in [0.4, 0.5) is 0 Å². The maximum Gasteiger partial charge on any atom is 0.303 e. The summed E-state index contributed by atoms with van der Waals surface area (Å²) in [7, 11) is 1.61. The molecule has 0 radical (unpaired) electrons. The molecule has 1 aliphatic rings. The zero-order valence-electron chi connectivity index (χ0n) is 11.2. The fourth-order valence-corrected chi connectivity index (χ4v) is 2.48. The molecule has 1 aromatic rings. The summed E-state index contributed by atoms with van der Waals surface area (Å²) in [6, 6.07) is 3.89. The number of aliphatic carboxylic acids is 1. The maximum absolute atomic E-state index is 10.7. The first-order valence-electron chi connectivity index (χ1n) is 6.60. The van der Waals surface area contributed by atoms with Crippen LogP contribution in [0.5, 0.6) is 5.88 Å². The normalized spacial score (nSPS) is 17.3. The second kappa shape index (κ2) is 6.52. The van der Waals surface area contributed by atoms with Crippen molar-refractivity contribution in [2.24, 2.45) is 5.92 Å². The minimum Gasteiger partial charge on any atom is -0.481 e. The van der Waals surface area contributed by atoms with Gasteiger partial charge in [-0.3, -0.25) is 9.69 Å². The molecule has 0 aromatic carbocycles. The predicted octanol–water partition coefficient (Wildman–Crippen LogP) is 1.78. The van der Waals surface area contributed by atoms with E-state index in [2.05, 4.69) is 9.88 Å². The van der Waals surface area contributed by atoms with E-state index < -0.39 is 5.97 Å². The molecule has 1 aliphatic heterocycles. The topological polar surface area (TPSA) is 62.7 Å². The molecule has 1 aromatic heterocycles. The van der Waals surface area contributed by atoms with Crippen molar-refractivity contribution in [3.8, 4) is 5.88 Å². The Balaban J connectivity index is 1.80. The number of carbonyl (C=O) groups is 1. The Morgan fingerprint density at radius 2 is 2.21 bits per heavy atom. The van der Waals surface area contributed by atoms with Gasteiger partial charge in [-0.1, -0.05) is 6.07 Å². The molecule has 5 heteroatoms. The van der Waals surface area contributed by atoms with Crippen LogP contribution in [0.25, 0.3) is 0 Å². The van der Waals surface area contributed by atoms with E-state index in [1.165, 1.54) is 0 Å². The highest BCUT2D eigenvalue weighted by atomic mass is 16.5. The number of aromatic nitrogens is 1. The van der Waals surface area contributed by atoms with Gasteiger partial charge in [-0.2, -0.15) is 0 Å². The molecule has 104 valence electrons. The molecule has 0 spiro atoms. The third kappa shape index (κ3) is 4.21. The molecule has 2 rings (SSSR count). The summed E-state index contributed by atoms with van der Waals surface area (Å²) in [6.45, 7) is 2.80. The monoisotopic (exact) mass is 264 g/mol. The van der Waals surface area contributed by atoms with Crippen LogP contribution in [0.15, 0.2) is 18.3 Å². The molecular weight excluding hydrogens is 244 g/mol. The second-order valence-electron chi connectivity index (χ2n) is 5.03. The quantitative estimate of drug-likeness (QED) is 0.878. The molecule has 19 heavy (non-hydrogen) atoms. The smallest absolute Gasteiger partial charge is 0.303 e. The van der Waals surface area contributed by atoms with Gasteiger partial charge in [0.2, 0.25) is 5.88 Å². The van der Waals surface area contributed by atoms with E-state index in [-0.39, 0.29) is 0 Å². The molecule has 2 heterocycles. The van der Waals surface area contributed by atoms with E-state index in [0.717, 1.165) is 38.0 Å². The molecular formula is C14H20N2O3. The van der Waals surface area contributed by atoms with Crippen LogP contribution >= 0.6 is 0 Å². The average Bonchev–Trinajstić information content (AvgIpc) is 2.41. The van der Waals surface area contributed by atoms with Crippen LogP contribution in [0, 0.1) is 5.92 Å². The van der Waals surface area contributed by atoms with Gasteiger partial charge in [0, 0.05) is 25.2 Å². The zero-order chi connectivity index (χ0) is 13.7. The van der Waals surface area contributed by atoms with Crippen molar-refractivity contribution in [2.75, 3.05) is 20.2 Å². The van der Waals surface area contributed by atoms with Crippen molar-refractivity contribution in [2.45, 2.75) is 25.8 Å². The van der Waals surface area contributed by atoms with Crippen molar-refractivity contribution in [1.82, 2.24) is 9.88 Å². The molecule has 1 saturated heterocycles. The van der Waals surface area contributed by atoms with Crippen LogP contribution < -0.4 is 4.74 Å². The number of pyridine rings is 1. The third-order valence-electron chi connectivity index (χ3n) is 3.58. The largest absolute Gasteiger partial charge is 0.481 e. The van der Waals surface area contributed by atoms with Crippen molar-refractivity contribution in [1.29, 1.82) is 0 Å². The van der Waals surface area contributed by atoms with Crippen molar-refractivity contribution in [3.63, 3.8) is 0 Å². The van der Waals surface area contributed by atoms with Crippen molar-refractivity contribution in [3.05, 3.63) is 23.9 Å². The van der Waals surface area contributed by atoms with Crippen molar-refractivity contribution < 1.29 is 14.6 Å². The highest BCUT2D eigenvalue weighted by Crippen LogP contribution is 2.21. The van der Waals surface area contributed by atoms with Gasteiger partial charge in [-0.05, 0) is 37.4 Å².